The maximum atomic E-state index is 12.0. The Morgan fingerprint density at radius 3 is 2.88 bits per heavy atom. The number of carbonyl (C=O) groups excluding carboxylic acids is 1. The summed E-state index contributed by atoms with van der Waals surface area (Å²) in [5.74, 6) is -0.165. The minimum atomic E-state index is -0.165. The van der Waals surface area contributed by atoms with Crippen LogP contribution >= 0.6 is 27.5 Å². The topological polar surface area (TPSA) is 33.2 Å². The molecule has 86 valence electrons. The van der Waals surface area contributed by atoms with Crippen molar-refractivity contribution in [2.24, 2.45) is 0 Å². The maximum absolute atomic E-state index is 12.0. The van der Waals surface area contributed by atoms with E-state index in [2.05, 4.69) is 27.5 Å². The van der Waals surface area contributed by atoms with Crippen molar-refractivity contribution in [1.29, 1.82) is 0 Å². The monoisotopic (exact) mass is 302 g/mol. The van der Waals surface area contributed by atoms with Crippen molar-refractivity contribution in [1.82, 2.24) is 9.88 Å². The Labute approximate surface area is 108 Å². The van der Waals surface area contributed by atoms with Crippen molar-refractivity contribution in [3.63, 3.8) is 0 Å². The van der Waals surface area contributed by atoms with E-state index in [1.54, 1.807) is 24.2 Å². The molecule has 0 radical (unpaired) electrons. The van der Waals surface area contributed by atoms with Crippen molar-refractivity contribution >= 4 is 33.4 Å². The van der Waals surface area contributed by atoms with E-state index in [9.17, 15) is 4.79 Å². The summed E-state index contributed by atoms with van der Waals surface area (Å²) in [5, 5.41) is 0.210. The normalized spacial score (nSPS) is 10.0. The van der Waals surface area contributed by atoms with Crippen LogP contribution in [0, 0.1) is 0 Å². The number of halogens is 2. The Bertz CT molecular complexity index is 434. The first kappa shape index (κ1) is 13.2. The highest BCUT2D eigenvalue weighted by molar-refractivity contribution is 9.10. The van der Waals surface area contributed by atoms with Crippen LogP contribution in [0.15, 0.2) is 28.9 Å². The lowest BCUT2D eigenvalue weighted by Gasteiger charge is -2.17. The van der Waals surface area contributed by atoms with Gasteiger partial charge in [-0.3, -0.25) is 4.79 Å². The van der Waals surface area contributed by atoms with Crippen LogP contribution in [-0.4, -0.2) is 29.4 Å². The second-order valence-corrected chi connectivity index (χ2v) is 4.88. The molecular weight excluding hydrogens is 291 g/mol. The predicted octanol–water partition coefficient (Wildman–Crippen LogP) is 3.15. The molecule has 0 bridgehead atoms. The van der Waals surface area contributed by atoms with E-state index in [0.717, 1.165) is 10.0 Å². The van der Waals surface area contributed by atoms with Gasteiger partial charge in [0, 0.05) is 24.3 Å². The first-order valence-corrected chi connectivity index (χ1v) is 5.80. The molecule has 0 aliphatic carbocycles. The average molecular weight is 304 g/mol. The van der Waals surface area contributed by atoms with Gasteiger partial charge in [0.05, 0.1) is 5.56 Å². The lowest BCUT2D eigenvalue weighted by molar-refractivity contribution is 0.0806. The van der Waals surface area contributed by atoms with E-state index in [0.29, 0.717) is 12.1 Å². The molecule has 0 fully saturated rings. The van der Waals surface area contributed by atoms with Crippen LogP contribution in [0.1, 0.15) is 17.3 Å². The Hall–Kier alpha value is -0.870. The van der Waals surface area contributed by atoms with Gasteiger partial charge in [-0.15, -0.1) is 0 Å². The van der Waals surface area contributed by atoms with Gasteiger partial charge in [-0.1, -0.05) is 23.8 Å². The van der Waals surface area contributed by atoms with E-state index < -0.39 is 0 Å². The van der Waals surface area contributed by atoms with E-state index in [1.165, 1.54) is 0 Å². The van der Waals surface area contributed by atoms with Crippen LogP contribution in [0.3, 0.4) is 0 Å². The van der Waals surface area contributed by atoms with Gasteiger partial charge in [-0.2, -0.15) is 0 Å². The van der Waals surface area contributed by atoms with Crippen molar-refractivity contribution in [3.05, 3.63) is 39.6 Å². The summed E-state index contributed by atoms with van der Waals surface area (Å²) in [6.45, 7) is 6.13. The fourth-order valence-corrected chi connectivity index (χ4v) is 1.77. The molecule has 0 aliphatic heterocycles. The number of amides is 1. The Balaban J connectivity index is 2.95. The van der Waals surface area contributed by atoms with Crippen molar-refractivity contribution in [2.45, 2.75) is 6.92 Å². The van der Waals surface area contributed by atoms with Crippen LogP contribution in [0.5, 0.6) is 0 Å². The third-order valence-electron chi connectivity index (χ3n) is 1.89. The molecular formula is C11H12BrClN2O. The van der Waals surface area contributed by atoms with Crippen LogP contribution in [0.4, 0.5) is 0 Å². The molecule has 1 amide bonds. The summed E-state index contributed by atoms with van der Waals surface area (Å²) in [4.78, 5) is 17.5. The molecule has 0 saturated heterocycles. The molecule has 3 nitrogen and oxygen atoms in total. The zero-order valence-corrected chi connectivity index (χ0v) is 11.5. The average Bonchev–Trinajstić information content (AvgIpc) is 2.19. The standard InChI is InChI=1S/C11H12BrClN2O/c1-7(2)6-15(3)11(16)9-4-8(12)5-14-10(9)13/h4-5H,1,6H2,2-3H3. The molecule has 1 aromatic heterocycles. The second kappa shape index (κ2) is 5.46. The van der Waals surface area contributed by atoms with E-state index in [1.807, 2.05) is 6.92 Å². The first-order chi connectivity index (χ1) is 7.41. The maximum Gasteiger partial charge on any atom is 0.257 e. The highest BCUT2D eigenvalue weighted by Gasteiger charge is 2.16. The molecule has 0 aromatic carbocycles. The summed E-state index contributed by atoms with van der Waals surface area (Å²) in [7, 11) is 1.70. The van der Waals surface area contributed by atoms with E-state index in [4.69, 9.17) is 11.6 Å². The minimum absolute atomic E-state index is 0.165. The molecule has 1 heterocycles. The molecule has 16 heavy (non-hydrogen) atoms. The van der Waals surface area contributed by atoms with E-state index >= 15 is 0 Å². The number of likely N-dealkylation sites (N-methyl/N-ethyl adjacent to an activating group) is 1. The predicted molar refractivity (Wildman–Crippen MR) is 68.7 cm³/mol. The number of hydrogen-bond acceptors (Lipinski definition) is 2. The second-order valence-electron chi connectivity index (χ2n) is 3.61. The molecule has 1 rings (SSSR count). The van der Waals surface area contributed by atoms with Gasteiger partial charge in [0.2, 0.25) is 0 Å². The molecule has 1 aromatic rings. The Morgan fingerprint density at radius 2 is 2.31 bits per heavy atom. The molecule has 0 atom stereocenters. The van der Waals surface area contributed by atoms with Gasteiger partial charge in [0.15, 0.2) is 0 Å². The van der Waals surface area contributed by atoms with Crippen LogP contribution < -0.4 is 0 Å². The number of nitrogens with zero attached hydrogens (tertiary/aromatic N) is 2. The summed E-state index contributed by atoms with van der Waals surface area (Å²) < 4.78 is 0.726. The van der Waals surface area contributed by atoms with Crippen LogP contribution in [0.25, 0.3) is 0 Å². The first-order valence-electron chi connectivity index (χ1n) is 4.62. The number of aromatic nitrogens is 1. The Morgan fingerprint density at radius 1 is 1.69 bits per heavy atom. The van der Waals surface area contributed by atoms with Gasteiger partial charge in [0.1, 0.15) is 5.15 Å². The van der Waals surface area contributed by atoms with Crippen molar-refractivity contribution in [3.8, 4) is 0 Å². The number of rotatable bonds is 3. The Kier molecular flexibility index (Phi) is 4.50. The van der Waals surface area contributed by atoms with Gasteiger partial charge < -0.3 is 4.90 Å². The highest BCUT2D eigenvalue weighted by Crippen LogP contribution is 2.19. The fraction of sp³-hybridized carbons (Fsp3) is 0.273. The molecule has 0 saturated carbocycles. The van der Waals surface area contributed by atoms with Gasteiger partial charge in [-0.25, -0.2) is 4.98 Å². The van der Waals surface area contributed by atoms with E-state index in [-0.39, 0.29) is 11.1 Å². The third kappa shape index (κ3) is 3.32. The highest BCUT2D eigenvalue weighted by atomic mass is 79.9. The summed E-state index contributed by atoms with van der Waals surface area (Å²) in [5.41, 5.74) is 1.30. The van der Waals surface area contributed by atoms with Crippen molar-refractivity contribution < 1.29 is 4.79 Å². The lowest BCUT2D eigenvalue weighted by atomic mass is 10.2. The van der Waals surface area contributed by atoms with Crippen molar-refractivity contribution in [2.75, 3.05) is 13.6 Å². The fourth-order valence-electron chi connectivity index (χ4n) is 1.25. The largest absolute Gasteiger partial charge is 0.338 e. The molecule has 5 heteroatoms. The van der Waals surface area contributed by atoms with Crippen LogP contribution in [0.2, 0.25) is 5.15 Å². The van der Waals surface area contributed by atoms with Gasteiger partial charge in [0.25, 0.3) is 5.91 Å². The molecule has 0 spiro atoms. The minimum Gasteiger partial charge on any atom is -0.338 e. The summed E-state index contributed by atoms with van der Waals surface area (Å²) in [6, 6.07) is 1.66. The lowest BCUT2D eigenvalue weighted by Crippen LogP contribution is -2.28. The zero-order chi connectivity index (χ0) is 12.3. The van der Waals surface area contributed by atoms with Crippen LogP contribution in [-0.2, 0) is 0 Å². The molecule has 0 N–H and O–H groups in total. The summed E-state index contributed by atoms with van der Waals surface area (Å²) in [6.07, 6.45) is 1.55. The third-order valence-corrected chi connectivity index (χ3v) is 2.62. The quantitative estimate of drug-likeness (QED) is 0.635. The number of hydrogen-bond donors (Lipinski definition) is 0. The van der Waals surface area contributed by atoms with Gasteiger partial charge in [-0.05, 0) is 28.9 Å². The smallest absolute Gasteiger partial charge is 0.257 e. The zero-order valence-electron chi connectivity index (χ0n) is 9.13. The molecule has 0 unspecified atom stereocenters. The number of carbonyl (C=O) groups is 1. The number of pyridine rings is 1. The molecule has 0 aliphatic rings. The van der Waals surface area contributed by atoms with Gasteiger partial charge >= 0.3 is 0 Å². The summed E-state index contributed by atoms with van der Waals surface area (Å²) >= 11 is 9.12. The SMILES string of the molecule is C=C(C)CN(C)C(=O)c1cc(Br)cnc1Cl.